The summed E-state index contributed by atoms with van der Waals surface area (Å²) in [6.45, 7) is 33.6. The molecule has 28 heteroatoms. The third kappa shape index (κ3) is 24.0. The summed E-state index contributed by atoms with van der Waals surface area (Å²) in [7, 11) is 1.51. The Kier molecular flexibility index (Phi) is 42.1. The molecule has 24 nitrogen and oxygen atoms in total. The van der Waals surface area contributed by atoms with Crippen LogP contribution in [0.25, 0.3) is 0 Å². The molecule has 0 bridgehead atoms. The largest absolute Gasteiger partial charge is 0.500 e. The summed E-state index contributed by atoms with van der Waals surface area (Å²) in [5, 5.41) is 0. The Hall–Kier alpha value is -4.09. The van der Waals surface area contributed by atoms with E-state index in [1.54, 1.807) is 80.8 Å². The highest BCUT2D eigenvalue weighted by Gasteiger charge is 2.67. The predicted octanol–water partition coefficient (Wildman–Crippen LogP) is 11.0. The van der Waals surface area contributed by atoms with Crippen molar-refractivity contribution < 1.29 is 110 Å². The van der Waals surface area contributed by atoms with Crippen molar-refractivity contribution in [3.05, 3.63) is 50.6 Å². The number of hydrogen-bond acceptors (Lipinski definition) is 24. The average molecular weight is 1430 g/mol. The number of ether oxygens (including phenoxy) is 4. The summed E-state index contributed by atoms with van der Waals surface area (Å²) in [4.78, 5) is 98.4. The van der Waals surface area contributed by atoms with E-state index in [1.165, 1.54) is 14.2 Å². The van der Waals surface area contributed by atoms with E-state index in [0.29, 0.717) is 141 Å². The zero-order valence-corrected chi connectivity index (χ0v) is 65.0. The first-order valence-corrected chi connectivity index (χ1v) is 41.9. The minimum absolute atomic E-state index is 0.0441. The summed E-state index contributed by atoms with van der Waals surface area (Å²) in [6, 6.07) is 2.62. The van der Waals surface area contributed by atoms with Crippen LogP contribution >= 0.6 is 0 Å². The topological polar surface area (TPSA) is 284 Å². The number of unbranched alkanes of at least 4 members (excludes halogenated alkanes) is 4. The van der Waals surface area contributed by atoms with Crippen LogP contribution in [0.3, 0.4) is 0 Å². The van der Waals surface area contributed by atoms with E-state index in [4.69, 9.17) is 72.1 Å². The lowest BCUT2D eigenvalue weighted by molar-refractivity contribution is -0.155. The van der Waals surface area contributed by atoms with Crippen molar-refractivity contribution >= 4 is 82.2 Å². The van der Waals surface area contributed by atoms with Crippen molar-refractivity contribution in [1.29, 1.82) is 0 Å². The molecule has 0 aromatic rings. The highest BCUT2D eigenvalue weighted by Crippen LogP contribution is 2.58. The van der Waals surface area contributed by atoms with Crippen LogP contribution in [0.5, 0.6) is 0 Å². The van der Waals surface area contributed by atoms with Crippen LogP contribution in [0.15, 0.2) is 50.6 Å². The number of rotatable bonds is 52. The lowest BCUT2D eigenvalue weighted by Gasteiger charge is -2.28. The van der Waals surface area contributed by atoms with E-state index in [0.717, 1.165) is 25.7 Å². The molecule has 96 heavy (non-hydrogen) atoms. The number of carbonyl (C=O) groups excluding carboxylic acids is 8. The van der Waals surface area contributed by atoms with Gasteiger partial charge in [-0.25, -0.2) is 0 Å². The van der Waals surface area contributed by atoms with Crippen molar-refractivity contribution in [2.45, 2.75) is 182 Å². The zero-order chi connectivity index (χ0) is 72.9. The second kappa shape index (κ2) is 44.9. The highest BCUT2D eigenvalue weighted by atomic mass is 28.4. The fourth-order valence-corrected chi connectivity index (χ4v) is 21.3. The van der Waals surface area contributed by atoms with Gasteiger partial charge in [-0.2, -0.15) is 0 Å². The molecular formula is C68H120O24Si4. The summed E-state index contributed by atoms with van der Waals surface area (Å²) >= 11 is 0. The molecule has 0 N–H and O–H groups in total. The van der Waals surface area contributed by atoms with Crippen LogP contribution < -0.4 is 0 Å². The number of carbonyl (C=O) groups is 8. The summed E-state index contributed by atoms with van der Waals surface area (Å²) < 4.78 is 86.8. The van der Waals surface area contributed by atoms with Crippen molar-refractivity contribution in [2.24, 2.45) is 45.3 Å². The maximum atomic E-state index is 12.7. The van der Waals surface area contributed by atoms with E-state index in [9.17, 15) is 38.4 Å². The van der Waals surface area contributed by atoms with Crippen molar-refractivity contribution in [3.8, 4) is 0 Å². The van der Waals surface area contributed by atoms with Crippen LogP contribution in [-0.2, 0) is 110 Å². The molecule has 4 fully saturated rings. The molecule has 8 atom stereocenters. The number of esters is 4. The van der Waals surface area contributed by atoms with E-state index >= 15 is 0 Å². The van der Waals surface area contributed by atoms with E-state index in [-0.39, 0.29) is 60.0 Å². The van der Waals surface area contributed by atoms with Gasteiger partial charge >= 0.3 is 59.1 Å². The SMILES string of the molecule is C=CC1CC1(C(=O)CCCC[Si](OC)(OC)OC)C(=O)OC.C=CC1CC1(C(=O)CCCC[Si](OC)(OC)OC)C(=O)OCC.C=CC1CC1(C(=O)CCCC[Si](OCC)(OCC)OCC)C(=O)OC.C=CC1CC1(C(=O)CCCC[Si](OCC)(OCC)OCC)C(=O)OCC. The van der Waals surface area contributed by atoms with Crippen LogP contribution in [0, 0.1) is 45.3 Å². The standard InChI is InChI=1S/C19H34O6Si.C18H32O6Si.C16H28O6Si.C15H26O6Si/c1-6-16-15-19(16,18(21)22-7-2)17(20)13-11-12-14-26(23-8-3,24-9-4)25-10-5;1-6-15-14-18(15,17(20)21-5)16(19)12-10-11-13-25(22-7-2,23-8-3)24-9-4;1-6-13-12-16(13,15(18)22-7-2)14(17)10-8-9-11-23(19-3,20-4)21-5;1-6-12-11-15(12,14(17)18-2)13(16)9-7-8-10-22(19-3,20-4)21-5/h6,16H,1,7-15H2,2-5H3;6,15H,1,7-14H2,2-5H3;6,13H,1,7-12H2,2-5H3;6,12H,1,7-11H2,2-5H3. The molecule has 0 aliphatic heterocycles. The van der Waals surface area contributed by atoms with Gasteiger partial charge in [0.1, 0.15) is 21.7 Å². The van der Waals surface area contributed by atoms with Crippen LogP contribution in [0.1, 0.15) is 158 Å². The molecule has 0 aromatic heterocycles. The Balaban J connectivity index is 0.000000641. The van der Waals surface area contributed by atoms with Gasteiger partial charge in [-0.1, -0.05) is 24.3 Å². The second-order valence-electron chi connectivity index (χ2n) is 23.6. The molecule has 0 spiro atoms. The van der Waals surface area contributed by atoms with Crippen LogP contribution in [0.2, 0.25) is 24.2 Å². The van der Waals surface area contributed by atoms with Gasteiger partial charge < -0.3 is 72.1 Å². The Labute approximate surface area is 578 Å². The fourth-order valence-electron chi connectivity index (χ4n) is 12.4. The second-order valence-corrected chi connectivity index (χ2v) is 35.2. The first-order chi connectivity index (χ1) is 45.8. The van der Waals surface area contributed by atoms with Crippen LogP contribution in [0.4, 0.5) is 0 Å². The van der Waals surface area contributed by atoms with Crippen molar-refractivity contribution in [1.82, 2.24) is 0 Å². The van der Waals surface area contributed by atoms with Crippen molar-refractivity contribution in [3.63, 3.8) is 0 Å². The summed E-state index contributed by atoms with van der Waals surface area (Å²) in [5.74, 6) is -2.32. The lowest BCUT2D eigenvalue weighted by atomic mass is 9.94. The van der Waals surface area contributed by atoms with E-state index < -0.39 is 80.8 Å². The predicted molar refractivity (Wildman–Crippen MR) is 370 cm³/mol. The van der Waals surface area contributed by atoms with Gasteiger partial charge in [0, 0.05) is 156 Å². The number of allylic oxidation sites excluding steroid dienone is 4. The van der Waals surface area contributed by atoms with Gasteiger partial charge in [0.25, 0.3) is 0 Å². The minimum atomic E-state index is -2.67. The zero-order valence-electron chi connectivity index (χ0n) is 61.0. The Bertz CT molecular complexity index is 2410. The fraction of sp³-hybridized carbons (Fsp3) is 0.765. The minimum Gasteiger partial charge on any atom is -0.468 e. The number of hydrogen-bond donors (Lipinski definition) is 0. The molecule has 8 unspecified atom stereocenters. The third-order valence-corrected chi connectivity index (χ3v) is 30.1. The molecule has 0 heterocycles. The Morgan fingerprint density at radius 3 is 0.667 bits per heavy atom. The number of Topliss-reactive ketones (excluding diaryl/α,β-unsaturated/α-hetero) is 4. The molecule has 0 amide bonds. The lowest BCUT2D eigenvalue weighted by Crippen LogP contribution is -2.45. The molecule has 4 aliphatic carbocycles. The van der Waals surface area contributed by atoms with Gasteiger partial charge in [-0.05, 0) is 132 Å². The van der Waals surface area contributed by atoms with Gasteiger partial charge in [0.15, 0.2) is 23.1 Å². The van der Waals surface area contributed by atoms with Gasteiger partial charge in [-0.15, -0.1) is 26.3 Å². The monoisotopic (exact) mass is 1430 g/mol. The maximum Gasteiger partial charge on any atom is 0.500 e. The molecule has 4 rings (SSSR count). The van der Waals surface area contributed by atoms with Crippen molar-refractivity contribution in [2.75, 3.05) is 110 Å². The van der Waals surface area contributed by atoms with Gasteiger partial charge in [-0.3, -0.25) is 38.4 Å². The Morgan fingerprint density at radius 2 is 0.510 bits per heavy atom. The number of methoxy groups -OCH3 is 2. The third-order valence-electron chi connectivity index (χ3n) is 18.2. The molecule has 4 aliphatic rings. The number of ketones is 4. The quantitative estimate of drug-likeness (QED) is 0.0137. The normalized spacial score (nSPS) is 22.9. The molecule has 0 radical (unpaired) electrons. The van der Waals surface area contributed by atoms with E-state index in [1.807, 2.05) is 41.5 Å². The molecule has 0 aromatic carbocycles. The highest BCUT2D eigenvalue weighted by molar-refractivity contribution is 6.61. The Morgan fingerprint density at radius 1 is 0.312 bits per heavy atom. The molecule has 0 saturated heterocycles. The first kappa shape index (κ1) is 89.9. The van der Waals surface area contributed by atoms with Gasteiger partial charge in [0.05, 0.1) is 27.4 Å². The molecular weight excluding hydrogens is 1310 g/mol. The summed E-state index contributed by atoms with van der Waals surface area (Å²) in [5.41, 5.74) is -3.97. The summed E-state index contributed by atoms with van der Waals surface area (Å²) in [6.07, 6.45) is 15.8. The van der Waals surface area contributed by atoms with E-state index in [2.05, 4.69) is 26.3 Å². The molecule has 552 valence electrons. The van der Waals surface area contributed by atoms with Gasteiger partial charge in [0.2, 0.25) is 0 Å². The maximum absolute atomic E-state index is 12.7. The first-order valence-electron chi connectivity index (χ1n) is 34.1. The average Bonchev–Trinajstić information content (AvgIpc) is 1.61. The van der Waals surface area contributed by atoms with Crippen LogP contribution in [-0.4, -0.2) is 192 Å². The smallest absolute Gasteiger partial charge is 0.468 e. The molecule has 4 saturated carbocycles.